The molecule has 0 bridgehead atoms. The van der Waals surface area contributed by atoms with Crippen LogP contribution in [0.3, 0.4) is 0 Å². The highest BCUT2D eigenvalue weighted by atomic mass is 79.9. The van der Waals surface area contributed by atoms with Gasteiger partial charge in [-0.05, 0) is 23.5 Å². The zero-order chi connectivity index (χ0) is 14.9. The van der Waals surface area contributed by atoms with E-state index < -0.39 is 0 Å². The number of allylic oxidation sites excluding steroid dienone is 1. The average molecular weight is 378 g/mol. The maximum Gasteiger partial charge on any atom is 0.310 e. The van der Waals surface area contributed by atoms with Gasteiger partial charge in [-0.2, -0.15) is 0 Å². The summed E-state index contributed by atoms with van der Waals surface area (Å²) in [6, 6.07) is 7.67. The monoisotopic (exact) mass is 376 g/mol. The lowest BCUT2D eigenvalue weighted by Crippen LogP contribution is -2.10. The molecule has 2 unspecified atom stereocenters. The van der Waals surface area contributed by atoms with E-state index in [4.69, 9.17) is 27.9 Å². The molecule has 0 N–H and O–H groups in total. The van der Waals surface area contributed by atoms with Crippen molar-refractivity contribution in [2.45, 2.75) is 20.5 Å². The number of esters is 1. The molecule has 0 aliphatic heterocycles. The van der Waals surface area contributed by atoms with Crippen LogP contribution in [-0.2, 0) is 16.1 Å². The van der Waals surface area contributed by atoms with Gasteiger partial charge in [0.25, 0.3) is 0 Å². The van der Waals surface area contributed by atoms with E-state index in [1.165, 1.54) is 0 Å². The number of benzene rings is 1. The van der Waals surface area contributed by atoms with Crippen LogP contribution in [0.5, 0.6) is 0 Å². The van der Waals surface area contributed by atoms with E-state index in [9.17, 15) is 4.79 Å². The molecule has 108 valence electrons. The Bertz CT molecular complexity index is 551. The molecule has 1 aromatic carbocycles. The van der Waals surface area contributed by atoms with Crippen molar-refractivity contribution < 1.29 is 9.53 Å². The molecule has 1 aliphatic rings. The molecule has 2 rings (SSSR count). The van der Waals surface area contributed by atoms with Gasteiger partial charge in [0.1, 0.15) is 11.1 Å². The number of rotatable bonds is 4. The molecule has 0 spiro atoms. The van der Waals surface area contributed by atoms with Crippen LogP contribution >= 0.6 is 39.1 Å². The lowest BCUT2D eigenvalue weighted by atomic mass is 10.1. The summed E-state index contributed by atoms with van der Waals surface area (Å²) in [7, 11) is 0. The zero-order valence-corrected chi connectivity index (χ0v) is 14.3. The summed E-state index contributed by atoms with van der Waals surface area (Å²) >= 11 is 14.8. The predicted octanol–water partition coefficient (Wildman–Crippen LogP) is 5.08. The van der Waals surface area contributed by atoms with Crippen LogP contribution in [0.1, 0.15) is 19.4 Å². The first-order valence-electron chi connectivity index (χ1n) is 6.27. The SMILES string of the molecule is CC1(C)C(C=C(Cl)Cl)C1C(=O)OCc1ccccc1Br. The van der Waals surface area contributed by atoms with E-state index in [0.717, 1.165) is 10.0 Å². The Morgan fingerprint density at radius 3 is 2.65 bits per heavy atom. The molecule has 1 aromatic rings. The number of hydrogen-bond acceptors (Lipinski definition) is 2. The molecule has 1 saturated carbocycles. The van der Waals surface area contributed by atoms with Gasteiger partial charge in [0, 0.05) is 10.0 Å². The van der Waals surface area contributed by atoms with Gasteiger partial charge in [-0.15, -0.1) is 0 Å². The van der Waals surface area contributed by atoms with Gasteiger partial charge in [-0.3, -0.25) is 4.79 Å². The van der Waals surface area contributed by atoms with Crippen molar-refractivity contribution >= 4 is 45.1 Å². The van der Waals surface area contributed by atoms with E-state index in [-0.39, 0.29) is 34.3 Å². The first-order chi connectivity index (χ1) is 9.34. The molecule has 20 heavy (non-hydrogen) atoms. The summed E-state index contributed by atoms with van der Waals surface area (Å²) in [6.07, 6.45) is 1.72. The fraction of sp³-hybridized carbons (Fsp3) is 0.400. The molecular formula is C15H15BrCl2O2. The minimum Gasteiger partial charge on any atom is -0.461 e. The molecule has 0 amide bonds. The van der Waals surface area contributed by atoms with Crippen molar-refractivity contribution in [3.8, 4) is 0 Å². The number of halogens is 3. The van der Waals surface area contributed by atoms with Gasteiger partial charge in [-0.25, -0.2) is 0 Å². The minimum atomic E-state index is -0.207. The number of hydrogen-bond donors (Lipinski definition) is 0. The Morgan fingerprint density at radius 2 is 2.05 bits per heavy atom. The van der Waals surface area contributed by atoms with Crippen LogP contribution in [0.4, 0.5) is 0 Å². The van der Waals surface area contributed by atoms with Gasteiger partial charge in [0.15, 0.2) is 0 Å². The van der Waals surface area contributed by atoms with Gasteiger partial charge in [0.05, 0.1) is 5.92 Å². The third kappa shape index (κ3) is 3.38. The van der Waals surface area contributed by atoms with Crippen molar-refractivity contribution in [2.24, 2.45) is 17.3 Å². The molecule has 0 radical (unpaired) electrons. The minimum absolute atomic E-state index is 0.0409. The van der Waals surface area contributed by atoms with Crippen molar-refractivity contribution in [3.63, 3.8) is 0 Å². The molecule has 0 saturated heterocycles. The van der Waals surface area contributed by atoms with Crippen LogP contribution in [0, 0.1) is 17.3 Å². The van der Waals surface area contributed by atoms with Crippen molar-refractivity contribution in [1.82, 2.24) is 0 Å². The van der Waals surface area contributed by atoms with Crippen LogP contribution in [-0.4, -0.2) is 5.97 Å². The molecule has 2 atom stereocenters. The fourth-order valence-corrected chi connectivity index (χ4v) is 3.10. The maximum atomic E-state index is 12.1. The topological polar surface area (TPSA) is 26.3 Å². The first kappa shape index (κ1) is 15.9. The summed E-state index contributed by atoms with van der Waals surface area (Å²) in [6.45, 7) is 4.28. The Labute approximate surface area is 137 Å². The van der Waals surface area contributed by atoms with E-state index >= 15 is 0 Å². The van der Waals surface area contributed by atoms with Crippen molar-refractivity contribution in [3.05, 3.63) is 44.9 Å². The summed E-state index contributed by atoms with van der Waals surface area (Å²) in [5.74, 6) is -0.349. The predicted molar refractivity (Wildman–Crippen MR) is 84.5 cm³/mol. The number of carbonyl (C=O) groups is 1. The van der Waals surface area contributed by atoms with E-state index in [2.05, 4.69) is 15.9 Å². The second-order valence-corrected chi connectivity index (χ2v) is 7.34. The highest BCUT2D eigenvalue weighted by Crippen LogP contribution is 2.60. The molecular weight excluding hydrogens is 363 g/mol. The quantitative estimate of drug-likeness (QED) is 0.683. The van der Waals surface area contributed by atoms with Gasteiger partial charge < -0.3 is 4.74 Å². The number of carbonyl (C=O) groups excluding carboxylic acids is 1. The molecule has 0 aromatic heterocycles. The Hall–Kier alpha value is -0.510. The lowest BCUT2D eigenvalue weighted by molar-refractivity contribution is -0.147. The fourth-order valence-electron chi connectivity index (χ4n) is 2.43. The highest BCUT2D eigenvalue weighted by molar-refractivity contribution is 9.10. The van der Waals surface area contributed by atoms with E-state index in [1.807, 2.05) is 38.1 Å². The molecule has 5 heteroatoms. The highest BCUT2D eigenvalue weighted by Gasteiger charge is 2.61. The van der Waals surface area contributed by atoms with Crippen molar-refractivity contribution in [1.29, 1.82) is 0 Å². The Kier molecular flexibility index (Phi) is 4.83. The number of ether oxygens (including phenoxy) is 1. The van der Waals surface area contributed by atoms with Gasteiger partial charge in [-0.1, -0.05) is 71.2 Å². The third-order valence-corrected chi connectivity index (χ3v) is 4.82. The second kappa shape index (κ2) is 6.08. The average Bonchev–Trinajstić information content (AvgIpc) is 2.88. The standard InChI is InChI=1S/C15H15BrCl2O2/c1-15(2)10(7-12(17)18)13(15)14(19)20-8-9-5-3-4-6-11(9)16/h3-7,10,13H,8H2,1-2H3. The summed E-state index contributed by atoms with van der Waals surface area (Å²) in [5, 5.41) is 0. The van der Waals surface area contributed by atoms with Crippen molar-refractivity contribution in [2.75, 3.05) is 0 Å². The normalized spacial score (nSPS) is 23.1. The van der Waals surface area contributed by atoms with Gasteiger partial charge >= 0.3 is 5.97 Å². The summed E-state index contributed by atoms with van der Waals surface area (Å²) in [4.78, 5) is 12.1. The zero-order valence-electron chi connectivity index (χ0n) is 11.2. The maximum absolute atomic E-state index is 12.1. The van der Waals surface area contributed by atoms with Crippen LogP contribution in [0.15, 0.2) is 39.3 Å². The van der Waals surface area contributed by atoms with Crippen LogP contribution < -0.4 is 0 Å². The Morgan fingerprint density at radius 1 is 1.40 bits per heavy atom. The molecule has 0 heterocycles. The summed E-state index contributed by atoms with van der Waals surface area (Å²) < 4.78 is 6.53. The van der Waals surface area contributed by atoms with E-state index in [0.29, 0.717) is 0 Å². The second-order valence-electron chi connectivity index (χ2n) is 5.48. The molecule has 1 aliphatic carbocycles. The third-order valence-electron chi connectivity index (χ3n) is 3.80. The van der Waals surface area contributed by atoms with Crippen LogP contribution in [0.2, 0.25) is 0 Å². The Balaban J connectivity index is 1.97. The van der Waals surface area contributed by atoms with Gasteiger partial charge in [0.2, 0.25) is 0 Å². The lowest BCUT2D eigenvalue weighted by Gasteiger charge is -2.07. The summed E-state index contributed by atoms with van der Waals surface area (Å²) in [5.41, 5.74) is 0.793. The first-order valence-corrected chi connectivity index (χ1v) is 7.82. The van der Waals surface area contributed by atoms with Crippen LogP contribution in [0.25, 0.3) is 0 Å². The largest absolute Gasteiger partial charge is 0.461 e. The molecule has 2 nitrogen and oxygen atoms in total. The van der Waals surface area contributed by atoms with E-state index in [1.54, 1.807) is 6.08 Å². The molecule has 1 fully saturated rings. The smallest absolute Gasteiger partial charge is 0.310 e.